The molecule has 1 amide bonds. The maximum absolute atomic E-state index is 13.7. The quantitative estimate of drug-likeness (QED) is 0.714. The smallest absolute Gasteiger partial charge is 0.282 e. The fraction of sp³-hybridized carbons (Fsp3) is 0.286. The van der Waals surface area contributed by atoms with Gasteiger partial charge in [-0.25, -0.2) is 22.0 Å². The summed E-state index contributed by atoms with van der Waals surface area (Å²) in [6.07, 6.45) is -6.15. The third kappa shape index (κ3) is 3.92. The Kier molecular flexibility index (Phi) is 5.58. The SMILES string of the molecule is CC(C(=O)Nc1ccc(Br)cc1F)n1nc(C(F)F)cc1C(F)F. The fourth-order valence-electron chi connectivity index (χ4n) is 1.95. The molecule has 0 aliphatic carbocycles. The molecule has 10 heteroatoms. The Hall–Kier alpha value is -1.97. The van der Waals surface area contributed by atoms with E-state index in [0.717, 1.165) is 6.07 Å². The second-order valence-corrected chi connectivity index (χ2v) is 5.75. The van der Waals surface area contributed by atoms with Gasteiger partial charge in [-0.15, -0.1) is 0 Å². The molecule has 0 aliphatic rings. The molecular formula is C14H11BrF5N3O. The number of hydrogen-bond donors (Lipinski definition) is 1. The molecule has 1 unspecified atom stereocenters. The molecule has 0 bridgehead atoms. The Morgan fingerprint density at radius 3 is 2.42 bits per heavy atom. The van der Waals surface area contributed by atoms with Gasteiger partial charge in [-0.3, -0.25) is 9.48 Å². The van der Waals surface area contributed by atoms with Gasteiger partial charge in [-0.1, -0.05) is 15.9 Å². The van der Waals surface area contributed by atoms with Crippen LogP contribution in [0.4, 0.5) is 27.6 Å². The number of nitrogens with one attached hydrogen (secondary N) is 1. The van der Waals surface area contributed by atoms with Crippen LogP contribution in [0.1, 0.15) is 37.2 Å². The summed E-state index contributed by atoms with van der Waals surface area (Å²) in [7, 11) is 0. The minimum absolute atomic E-state index is 0.171. The third-order valence-electron chi connectivity index (χ3n) is 3.17. The third-order valence-corrected chi connectivity index (χ3v) is 3.66. The first-order valence-electron chi connectivity index (χ1n) is 6.62. The number of benzene rings is 1. The van der Waals surface area contributed by atoms with Crippen LogP contribution in [0.2, 0.25) is 0 Å². The van der Waals surface area contributed by atoms with Crippen LogP contribution in [0.15, 0.2) is 28.7 Å². The van der Waals surface area contributed by atoms with Crippen molar-refractivity contribution in [2.24, 2.45) is 0 Å². The molecule has 4 nitrogen and oxygen atoms in total. The number of alkyl halides is 4. The summed E-state index contributed by atoms with van der Waals surface area (Å²) in [5, 5.41) is 5.57. The largest absolute Gasteiger partial charge is 0.322 e. The maximum atomic E-state index is 13.7. The van der Waals surface area contributed by atoms with Crippen LogP contribution in [-0.4, -0.2) is 15.7 Å². The van der Waals surface area contributed by atoms with Gasteiger partial charge < -0.3 is 5.32 Å². The van der Waals surface area contributed by atoms with Gasteiger partial charge in [0, 0.05) is 4.47 Å². The topological polar surface area (TPSA) is 46.9 Å². The molecule has 1 aromatic carbocycles. The van der Waals surface area contributed by atoms with E-state index in [2.05, 4.69) is 26.3 Å². The number of halogens is 6. The van der Waals surface area contributed by atoms with Crippen LogP contribution in [0.5, 0.6) is 0 Å². The summed E-state index contributed by atoms with van der Waals surface area (Å²) in [5.74, 6) is -1.62. The van der Waals surface area contributed by atoms with Gasteiger partial charge in [0.1, 0.15) is 23.2 Å². The molecule has 1 heterocycles. The first kappa shape index (κ1) is 18.4. The van der Waals surface area contributed by atoms with E-state index in [1.807, 2.05) is 0 Å². The van der Waals surface area contributed by atoms with E-state index in [4.69, 9.17) is 0 Å². The standard InChI is InChI=1S/C14H11BrF5N3O/c1-6(14(24)21-9-3-2-7(15)4-8(9)16)23-11(13(19)20)5-10(22-23)12(17)18/h2-6,12-13H,1H3,(H,21,24). The van der Waals surface area contributed by atoms with Gasteiger partial charge in [0.15, 0.2) is 0 Å². The molecule has 0 aliphatic heterocycles. The van der Waals surface area contributed by atoms with E-state index in [1.54, 1.807) is 0 Å². The molecule has 1 N–H and O–H groups in total. The maximum Gasteiger partial charge on any atom is 0.282 e. The van der Waals surface area contributed by atoms with Crippen LogP contribution in [0.3, 0.4) is 0 Å². The predicted molar refractivity (Wildman–Crippen MR) is 79.6 cm³/mol. The average molecular weight is 412 g/mol. The first-order valence-corrected chi connectivity index (χ1v) is 7.41. The second-order valence-electron chi connectivity index (χ2n) is 4.83. The van der Waals surface area contributed by atoms with E-state index in [1.165, 1.54) is 19.1 Å². The summed E-state index contributed by atoms with van der Waals surface area (Å²) >= 11 is 3.05. The lowest BCUT2D eigenvalue weighted by molar-refractivity contribution is -0.119. The lowest BCUT2D eigenvalue weighted by Gasteiger charge is -2.16. The van der Waals surface area contributed by atoms with E-state index < -0.39 is 42.0 Å². The highest BCUT2D eigenvalue weighted by molar-refractivity contribution is 9.10. The van der Waals surface area contributed by atoms with Crippen molar-refractivity contribution in [1.82, 2.24) is 9.78 Å². The van der Waals surface area contributed by atoms with Gasteiger partial charge in [-0.2, -0.15) is 5.10 Å². The van der Waals surface area contributed by atoms with Crippen molar-refractivity contribution in [2.75, 3.05) is 5.32 Å². The van der Waals surface area contributed by atoms with E-state index in [0.29, 0.717) is 15.2 Å². The highest BCUT2D eigenvalue weighted by Crippen LogP contribution is 2.28. The Bertz CT molecular complexity index is 750. The van der Waals surface area contributed by atoms with Crippen LogP contribution < -0.4 is 5.32 Å². The first-order chi connectivity index (χ1) is 11.2. The summed E-state index contributed by atoms with van der Waals surface area (Å²) in [5.41, 5.74) is -1.85. The molecule has 0 radical (unpaired) electrons. The molecule has 0 spiro atoms. The van der Waals surface area contributed by atoms with Crippen LogP contribution in [-0.2, 0) is 4.79 Å². The number of carbonyl (C=O) groups excluding carboxylic acids is 1. The number of aromatic nitrogens is 2. The number of carbonyl (C=O) groups is 1. The van der Waals surface area contributed by atoms with Crippen LogP contribution >= 0.6 is 15.9 Å². The van der Waals surface area contributed by atoms with Gasteiger partial charge in [0.05, 0.1) is 5.69 Å². The van der Waals surface area contributed by atoms with Crippen molar-refractivity contribution in [3.63, 3.8) is 0 Å². The van der Waals surface area contributed by atoms with Gasteiger partial charge in [0.2, 0.25) is 5.91 Å². The summed E-state index contributed by atoms with van der Waals surface area (Å²) in [6.45, 7) is 1.19. The van der Waals surface area contributed by atoms with Crippen molar-refractivity contribution < 1.29 is 26.7 Å². The van der Waals surface area contributed by atoms with Crippen LogP contribution in [0.25, 0.3) is 0 Å². The molecule has 0 saturated carbocycles. The minimum atomic E-state index is -3.09. The van der Waals surface area contributed by atoms with Gasteiger partial charge >= 0.3 is 0 Å². The Morgan fingerprint density at radius 1 is 1.21 bits per heavy atom. The van der Waals surface area contributed by atoms with E-state index >= 15 is 0 Å². The number of nitrogens with zero attached hydrogens (tertiary/aromatic N) is 2. The van der Waals surface area contributed by atoms with Crippen molar-refractivity contribution in [1.29, 1.82) is 0 Å². The van der Waals surface area contributed by atoms with E-state index in [-0.39, 0.29) is 5.69 Å². The lowest BCUT2D eigenvalue weighted by Crippen LogP contribution is -2.26. The zero-order valence-electron chi connectivity index (χ0n) is 12.1. The lowest BCUT2D eigenvalue weighted by atomic mass is 10.2. The number of hydrogen-bond acceptors (Lipinski definition) is 2. The van der Waals surface area contributed by atoms with Crippen LogP contribution in [0, 0.1) is 5.82 Å². The monoisotopic (exact) mass is 411 g/mol. The fourth-order valence-corrected chi connectivity index (χ4v) is 2.28. The predicted octanol–water partition coefficient (Wildman–Crippen LogP) is 4.86. The van der Waals surface area contributed by atoms with Crippen molar-refractivity contribution in [3.8, 4) is 0 Å². The zero-order valence-corrected chi connectivity index (χ0v) is 13.7. The van der Waals surface area contributed by atoms with Crippen molar-refractivity contribution in [3.05, 3.63) is 45.9 Å². The highest BCUT2D eigenvalue weighted by atomic mass is 79.9. The number of anilines is 1. The molecular weight excluding hydrogens is 401 g/mol. The number of amides is 1. The Morgan fingerprint density at radius 2 is 1.88 bits per heavy atom. The normalized spacial score (nSPS) is 12.7. The minimum Gasteiger partial charge on any atom is -0.322 e. The zero-order chi connectivity index (χ0) is 18.0. The molecule has 1 aromatic heterocycles. The molecule has 1 atom stereocenters. The molecule has 0 fully saturated rings. The molecule has 0 saturated heterocycles. The summed E-state index contributed by atoms with van der Waals surface area (Å²) < 4.78 is 65.9. The molecule has 24 heavy (non-hydrogen) atoms. The molecule has 2 rings (SSSR count). The Balaban J connectivity index is 2.27. The van der Waals surface area contributed by atoms with Crippen molar-refractivity contribution >= 4 is 27.5 Å². The average Bonchev–Trinajstić information content (AvgIpc) is 2.94. The molecule has 2 aromatic rings. The Labute approximate surface area is 141 Å². The van der Waals surface area contributed by atoms with Gasteiger partial charge in [0.25, 0.3) is 12.9 Å². The highest BCUT2D eigenvalue weighted by Gasteiger charge is 2.27. The summed E-state index contributed by atoms with van der Waals surface area (Å²) in [4.78, 5) is 12.1. The molecule has 130 valence electrons. The van der Waals surface area contributed by atoms with E-state index in [9.17, 15) is 26.7 Å². The summed E-state index contributed by atoms with van der Waals surface area (Å²) in [6, 6.07) is 3.04. The number of rotatable bonds is 5. The second kappa shape index (κ2) is 7.29. The van der Waals surface area contributed by atoms with Crippen molar-refractivity contribution in [2.45, 2.75) is 25.8 Å². The van der Waals surface area contributed by atoms with Gasteiger partial charge in [-0.05, 0) is 31.2 Å².